The monoisotopic (exact) mass is 403 g/mol. The number of benzene rings is 2. The largest absolute Gasteiger partial charge is 0.497 e. The Morgan fingerprint density at radius 2 is 1.64 bits per heavy atom. The minimum Gasteiger partial charge on any atom is -0.497 e. The maximum atomic E-state index is 12.4. The molecular weight excluding hydrogens is 382 g/mol. The minimum absolute atomic E-state index is 0.00765. The summed E-state index contributed by atoms with van der Waals surface area (Å²) in [7, 11) is -2.16. The second-order valence-corrected chi connectivity index (χ2v) is 7.57. The Labute approximate surface area is 164 Å². The van der Waals surface area contributed by atoms with Crippen molar-refractivity contribution in [3.05, 3.63) is 72.3 Å². The van der Waals surface area contributed by atoms with E-state index in [1.54, 1.807) is 24.3 Å². The number of Topliss-reactive ketones (excluding diaryl/α,β-unsaturated/α-hetero) is 1. The first-order valence-corrected chi connectivity index (χ1v) is 9.86. The van der Waals surface area contributed by atoms with Crippen LogP contribution in [-0.4, -0.2) is 39.9 Å². The van der Waals surface area contributed by atoms with Gasteiger partial charge in [0.15, 0.2) is 6.10 Å². The van der Waals surface area contributed by atoms with Crippen LogP contribution in [0.5, 0.6) is 5.75 Å². The van der Waals surface area contributed by atoms with Crippen molar-refractivity contribution in [3.8, 4) is 5.75 Å². The molecule has 0 heterocycles. The molecule has 2 aromatic carbocycles. The van der Waals surface area contributed by atoms with E-state index in [0.29, 0.717) is 11.3 Å². The normalized spacial score (nSPS) is 12.1. The molecule has 28 heavy (non-hydrogen) atoms. The molecule has 8 heteroatoms. The molecule has 0 amide bonds. The first-order chi connectivity index (χ1) is 13.3. The van der Waals surface area contributed by atoms with E-state index in [1.165, 1.54) is 44.4 Å². The fourth-order valence-electron chi connectivity index (χ4n) is 2.29. The number of rotatable bonds is 9. The van der Waals surface area contributed by atoms with Crippen molar-refractivity contribution in [2.75, 3.05) is 13.7 Å². The quantitative estimate of drug-likeness (QED) is 0.393. The van der Waals surface area contributed by atoms with Crippen LogP contribution in [0.4, 0.5) is 0 Å². The Balaban J connectivity index is 2.05. The van der Waals surface area contributed by atoms with Crippen LogP contribution in [0.25, 0.3) is 0 Å². The van der Waals surface area contributed by atoms with E-state index in [4.69, 9.17) is 9.47 Å². The zero-order chi connectivity index (χ0) is 20.7. The van der Waals surface area contributed by atoms with E-state index in [-0.39, 0.29) is 22.8 Å². The summed E-state index contributed by atoms with van der Waals surface area (Å²) < 4.78 is 36.6. The van der Waals surface area contributed by atoms with Gasteiger partial charge < -0.3 is 9.47 Å². The van der Waals surface area contributed by atoms with Crippen LogP contribution in [0.15, 0.2) is 66.1 Å². The van der Waals surface area contributed by atoms with Crippen LogP contribution < -0.4 is 9.46 Å². The van der Waals surface area contributed by atoms with Crippen molar-refractivity contribution in [2.24, 2.45) is 0 Å². The average Bonchev–Trinajstić information content (AvgIpc) is 2.71. The Kier molecular flexibility index (Phi) is 7.08. The zero-order valence-electron chi connectivity index (χ0n) is 15.5. The van der Waals surface area contributed by atoms with Gasteiger partial charge in [0.2, 0.25) is 15.8 Å². The number of ether oxygens (including phenoxy) is 2. The van der Waals surface area contributed by atoms with E-state index < -0.39 is 22.1 Å². The van der Waals surface area contributed by atoms with Gasteiger partial charge in [0, 0.05) is 12.1 Å². The zero-order valence-corrected chi connectivity index (χ0v) is 16.4. The van der Waals surface area contributed by atoms with E-state index in [2.05, 4.69) is 11.3 Å². The highest BCUT2D eigenvalue weighted by Crippen LogP contribution is 2.16. The lowest BCUT2D eigenvalue weighted by Crippen LogP contribution is -2.25. The first-order valence-electron chi connectivity index (χ1n) is 8.38. The van der Waals surface area contributed by atoms with Crippen molar-refractivity contribution in [2.45, 2.75) is 17.9 Å². The standard InChI is InChI=1S/C20H21NO6S/c1-4-13-21-28(24,25)18-11-7-16(8-12-18)20(23)27-14(2)19(22)15-5-9-17(26-3)10-6-15/h4-12,14,21H,1,13H2,2-3H3/t14-/m0/s1. The molecule has 0 aromatic heterocycles. The molecule has 0 saturated heterocycles. The molecule has 0 spiro atoms. The number of nitrogens with one attached hydrogen (secondary N) is 1. The number of ketones is 1. The Morgan fingerprint density at radius 3 is 2.18 bits per heavy atom. The number of sulfonamides is 1. The number of carbonyl (C=O) groups excluding carboxylic acids is 2. The number of hydrogen-bond acceptors (Lipinski definition) is 6. The molecule has 1 N–H and O–H groups in total. The lowest BCUT2D eigenvalue weighted by molar-refractivity contribution is 0.0318. The van der Waals surface area contributed by atoms with Gasteiger partial charge in [0.1, 0.15) is 5.75 Å². The summed E-state index contributed by atoms with van der Waals surface area (Å²) in [6, 6.07) is 11.7. The maximum absolute atomic E-state index is 12.4. The van der Waals surface area contributed by atoms with E-state index >= 15 is 0 Å². The van der Waals surface area contributed by atoms with E-state index in [1.807, 2.05) is 0 Å². The molecule has 0 saturated carbocycles. The third-order valence-corrected chi connectivity index (χ3v) is 5.29. The average molecular weight is 403 g/mol. The number of esters is 1. The molecule has 0 fully saturated rings. The summed E-state index contributed by atoms with van der Waals surface area (Å²) >= 11 is 0. The summed E-state index contributed by atoms with van der Waals surface area (Å²) in [5, 5.41) is 0. The Hall–Kier alpha value is -2.97. The molecule has 7 nitrogen and oxygen atoms in total. The second-order valence-electron chi connectivity index (χ2n) is 5.81. The van der Waals surface area contributed by atoms with Crippen LogP contribution in [0.2, 0.25) is 0 Å². The minimum atomic E-state index is -3.68. The summed E-state index contributed by atoms with van der Waals surface area (Å²) in [6.45, 7) is 5.01. The highest BCUT2D eigenvalue weighted by atomic mass is 32.2. The second kappa shape index (κ2) is 9.29. The van der Waals surface area contributed by atoms with Gasteiger partial charge in [-0.05, 0) is 55.5 Å². The predicted molar refractivity (Wildman–Crippen MR) is 104 cm³/mol. The number of carbonyl (C=O) groups is 2. The topological polar surface area (TPSA) is 98.8 Å². The molecule has 1 atom stereocenters. The van der Waals surface area contributed by atoms with E-state index in [0.717, 1.165) is 0 Å². The van der Waals surface area contributed by atoms with Crippen LogP contribution >= 0.6 is 0 Å². The van der Waals surface area contributed by atoms with Gasteiger partial charge in [-0.2, -0.15) is 0 Å². The van der Waals surface area contributed by atoms with Crippen LogP contribution in [0.3, 0.4) is 0 Å². The lowest BCUT2D eigenvalue weighted by Gasteiger charge is -2.13. The fourth-order valence-corrected chi connectivity index (χ4v) is 3.29. The molecule has 0 unspecified atom stereocenters. The van der Waals surface area contributed by atoms with Crippen LogP contribution in [0, 0.1) is 0 Å². The third-order valence-electron chi connectivity index (χ3n) is 3.85. The SMILES string of the molecule is C=CCNS(=O)(=O)c1ccc(C(=O)O[C@@H](C)C(=O)c2ccc(OC)cc2)cc1. The summed E-state index contributed by atoms with van der Waals surface area (Å²) in [5.41, 5.74) is 0.521. The molecule has 0 aliphatic rings. The Morgan fingerprint density at radius 1 is 1.07 bits per heavy atom. The molecule has 2 aromatic rings. The predicted octanol–water partition coefficient (Wildman–Crippen LogP) is 2.59. The highest BCUT2D eigenvalue weighted by molar-refractivity contribution is 7.89. The molecule has 2 rings (SSSR count). The van der Waals surface area contributed by atoms with Crippen molar-refractivity contribution in [1.82, 2.24) is 4.72 Å². The molecule has 0 radical (unpaired) electrons. The first kappa shape index (κ1) is 21.3. The van der Waals surface area contributed by atoms with Crippen molar-refractivity contribution in [1.29, 1.82) is 0 Å². The molecule has 148 valence electrons. The number of hydrogen-bond donors (Lipinski definition) is 1. The van der Waals surface area contributed by atoms with Gasteiger partial charge in [-0.1, -0.05) is 6.08 Å². The van der Waals surface area contributed by atoms with Crippen LogP contribution in [0.1, 0.15) is 27.6 Å². The summed E-state index contributed by atoms with van der Waals surface area (Å²) in [6.07, 6.45) is 0.420. The third kappa shape index (κ3) is 5.28. The smallest absolute Gasteiger partial charge is 0.338 e. The molecular formula is C20H21NO6S. The Bertz CT molecular complexity index is 949. The molecule has 0 bridgehead atoms. The van der Waals surface area contributed by atoms with Gasteiger partial charge in [-0.3, -0.25) is 4.79 Å². The summed E-state index contributed by atoms with van der Waals surface area (Å²) in [4.78, 5) is 24.6. The van der Waals surface area contributed by atoms with Gasteiger partial charge in [-0.15, -0.1) is 6.58 Å². The van der Waals surface area contributed by atoms with Gasteiger partial charge in [-0.25, -0.2) is 17.9 Å². The van der Waals surface area contributed by atoms with Crippen molar-refractivity contribution < 1.29 is 27.5 Å². The molecule has 0 aliphatic heterocycles. The fraction of sp³-hybridized carbons (Fsp3) is 0.200. The van der Waals surface area contributed by atoms with Crippen molar-refractivity contribution >= 4 is 21.8 Å². The summed E-state index contributed by atoms with van der Waals surface area (Å²) in [5.74, 6) is -0.472. The number of methoxy groups -OCH3 is 1. The van der Waals surface area contributed by atoms with E-state index in [9.17, 15) is 18.0 Å². The maximum Gasteiger partial charge on any atom is 0.338 e. The lowest BCUT2D eigenvalue weighted by atomic mass is 10.1. The highest BCUT2D eigenvalue weighted by Gasteiger charge is 2.21. The van der Waals surface area contributed by atoms with Gasteiger partial charge in [0.25, 0.3) is 0 Å². The van der Waals surface area contributed by atoms with Gasteiger partial charge in [0.05, 0.1) is 17.6 Å². The van der Waals surface area contributed by atoms with Gasteiger partial charge >= 0.3 is 5.97 Å². The molecule has 0 aliphatic carbocycles. The van der Waals surface area contributed by atoms with Crippen LogP contribution in [-0.2, 0) is 14.8 Å². The van der Waals surface area contributed by atoms with Crippen molar-refractivity contribution in [3.63, 3.8) is 0 Å².